The van der Waals surface area contributed by atoms with Gasteiger partial charge in [0.2, 0.25) is 0 Å². The van der Waals surface area contributed by atoms with Crippen LogP contribution in [0.2, 0.25) is 0 Å². The minimum Gasteiger partial charge on any atom is -0.260 e. The second kappa shape index (κ2) is 5.17. The maximum atomic E-state index is 13.4. The van der Waals surface area contributed by atoms with Gasteiger partial charge in [0.15, 0.2) is 0 Å². The van der Waals surface area contributed by atoms with Crippen molar-refractivity contribution in [3.63, 3.8) is 0 Å². The maximum absolute atomic E-state index is 13.4. The molecule has 106 valence electrons. The Bertz CT molecular complexity index is 534. The summed E-state index contributed by atoms with van der Waals surface area (Å²) in [6, 6.07) is 5.89. The van der Waals surface area contributed by atoms with Crippen LogP contribution in [0.4, 0.5) is 8.78 Å². The molecule has 0 unspecified atom stereocenters. The highest BCUT2D eigenvalue weighted by atomic mass is 32.2. The number of hydrogen-bond donors (Lipinski definition) is 0. The van der Waals surface area contributed by atoms with Crippen molar-refractivity contribution in [3.05, 3.63) is 29.8 Å². The van der Waals surface area contributed by atoms with Crippen molar-refractivity contribution >= 4 is 10.1 Å². The standard InChI is InChI=1S/C13H16F2O3S/c1-10-2-6-12(7-3-10)19(16,17)18-9-13(14,15)8-11-4-5-11/h2-3,6-7,11H,4-5,8-9H2,1H3. The smallest absolute Gasteiger partial charge is 0.260 e. The van der Waals surface area contributed by atoms with Crippen molar-refractivity contribution in [2.75, 3.05) is 6.61 Å². The summed E-state index contributed by atoms with van der Waals surface area (Å²) in [7, 11) is -4.11. The van der Waals surface area contributed by atoms with E-state index in [1.165, 1.54) is 12.1 Å². The Morgan fingerprint density at radius 2 is 1.84 bits per heavy atom. The van der Waals surface area contributed by atoms with E-state index in [0.29, 0.717) is 0 Å². The summed E-state index contributed by atoms with van der Waals surface area (Å²) < 4.78 is 54.8. The summed E-state index contributed by atoms with van der Waals surface area (Å²) in [4.78, 5) is -0.0969. The lowest BCUT2D eigenvalue weighted by molar-refractivity contribution is -0.0503. The molecule has 0 N–H and O–H groups in total. The molecule has 0 amide bonds. The summed E-state index contributed by atoms with van der Waals surface area (Å²) in [5.74, 6) is -3.07. The van der Waals surface area contributed by atoms with Gasteiger partial charge in [0.1, 0.15) is 6.61 Å². The van der Waals surface area contributed by atoms with E-state index < -0.39 is 22.6 Å². The molecule has 0 saturated heterocycles. The van der Waals surface area contributed by atoms with Crippen LogP contribution in [0, 0.1) is 12.8 Å². The molecule has 0 aromatic heterocycles. The van der Waals surface area contributed by atoms with Crippen LogP contribution in [0.25, 0.3) is 0 Å². The number of aryl methyl sites for hydroxylation is 1. The molecule has 6 heteroatoms. The Labute approximate surface area is 111 Å². The second-order valence-electron chi connectivity index (χ2n) is 5.03. The molecule has 2 rings (SSSR count). The lowest BCUT2D eigenvalue weighted by Gasteiger charge is -2.15. The Balaban J connectivity index is 1.98. The van der Waals surface area contributed by atoms with Crippen molar-refractivity contribution in [1.82, 2.24) is 0 Å². The van der Waals surface area contributed by atoms with Gasteiger partial charge in [0, 0.05) is 6.42 Å². The van der Waals surface area contributed by atoms with E-state index >= 15 is 0 Å². The van der Waals surface area contributed by atoms with Gasteiger partial charge in [-0.15, -0.1) is 0 Å². The molecule has 1 aromatic carbocycles. The molecule has 1 aromatic rings. The number of benzene rings is 1. The zero-order chi connectivity index (χ0) is 14.1. The molecule has 0 atom stereocenters. The Morgan fingerprint density at radius 1 is 1.26 bits per heavy atom. The highest BCUT2D eigenvalue weighted by Crippen LogP contribution is 2.39. The summed E-state index contributed by atoms with van der Waals surface area (Å²) in [5.41, 5.74) is 0.887. The van der Waals surface area contributed by atoms with Crippen LogP contribution >= 0.6 is 0 Å². The number of rotatable bonds is 6. The van der Waals surface area contributed by atoms with Gasteiger partial charge in [-0.25, -0.2) is 8.78 Å². The lowest BCUT2D eigenvalue weighted by Crippen LogP contribution is -2.26. The highest BCUT2D eigenvalue weighted by molar-refractivity contribution is 7.86. The van der Waals surface area contributed by atoms with Crippen LogP contribution in [0.3, 0.4) is 0 Å². The zero-order valence-corrected chi connectivity index (χ0v) is 11.4. The first-order valence-corrected chi connectivity index (χ1v) is 7.53. The molecule has 3 nitrogen and oxygen atoms in total. The average Bonchev–Trinajstić information content (AvgIpc) is 3.11. The first kappa shape index (κ1) is 14.4. The molecule has 1 aliphatic carbocycles. The fraction of sp³-hybridized carbons (Fsp3) is 0.538. The van der Waals surface area contributed by atoms with Gasteiger partial charge in [0.25, 0.3) is 16.0 Å². The molecule has 0 aliphatic heterocycles. The third-order valence-corrected chi connectivity index (χ3v) is 4.30. The number of hydrogen-bond acceptors (Lipinski definition) is 3. The molecular weight excluding hydrogens is 274 g/mol. The van der Waals surface area contributed by atoms with Gasteiger partial charge in [-0.1, -0.05) is 17.7 Å². The van der Waals surface area contributed by atoms with E-state index in [-0.39, 0.29) is 17.2 Å². The monoisotopic (exact) mass is 290 g/mol. The lowest BCUT2D eigenvalue weighted by atomic mass is 10.2. The zero-order valence-electron chi connectivity index (χ0n) is 10.6. The average molecular weight is 290 g/mol. The SMILES string of the molecule is Cc1ccc(S(=O)(=O)OCC(F)(F)CC2CC2)cc1. The minimum atomic E-state index is -4.11. The molecule has 1 fully saturated rings. The Morgan fingerprint density at radius 3 is 2.37 bits per heavy atom. The van der Waals surface area contributed by atoms with Crippen molar-refractivity contribution in [3.8, 4) is 0 Å². The van der Waals surface area contributed by atoms with E-state index in [1.54, 1.807) is 19.1 Å². The first-order valence-electron chi connectivity index (χ1n) is 6.12. The summed E-state index contributed by atoms with van der Waals surface area (Å²) in [5, 5.41) is 0. The van der Waals surface area contributed by atoms with E-state index in [2.05, 4.69) is 4.18 Å². The summed E-state index contributed by atoms with van der Waals surface area (Å²) in [6.07, 6.45) is 1.29. The number of alkyl halides is 2. The van der Waals surface area contributed by atoms with Gasteiger partial charge < -0.3 is 0 Å². The molecule has 1 aliphatic rings. The first-order chi connectivity index (χ1) is 8.78. The molecular formula is C13H16F2O3S. The van der Waals surface area contributed by atoms with Crippen LogP contribution in [-0.2, 0) is 14.3 Å². The van der Waals surface area contributed by atoms with Crippen LogP contribution in [0.15, 0.2) is 29.2 Å². The number of halogens is 2. The normalized spacial score (nSPS) is 16.6. The second-order valence-corrected chi connectivity index (χ2v) is 6.65. The Hall–Kier alpha value is -1.01. The maximum Gasteiger partial charge on any atom is 0.297 e. The molecule has 1 saturated carbocycles. The fourth-order valence-electron chi connectivity index (χ4n) is 1.74. The van der Waals surface area contributed by atoms with Gasteiger partial charge in [-0.2, -0.15) is 8.42 Å². The predicted molar refractivity (Wildman–Crippen MR) is 66.6 cm³/mol. The van der Waals surface area contributed by atoms with Crippen molar-refractivity contribution in [2.45, 2.75) is 37.0 Å². The molecule has 0 bridgehead atoms. The van der Waals surface area contributed by atoms with E-state index in [4.69, 9.17) is 0 Å². The molecule has 0 radical (unpaired) electrons. The van der Waals surface area contributed by atoms with Gasteiger partial charge in [-0.05, 0) is 37.8 Å². The molecule has 0 heterocycles. The largest absolute Gasteiger partial charge is 0.297 e. The van der Waals surface area contributed by atoms with E-state index in [9.17, 15) is 17.2 Å². The van der Waals surface area contributed by atoms with Gasteiger partial charge in [0.05, 0.1) is 4.90 Å². The molecule has 19 heavy (non-hydrogen) atoms. The van der Waals surface area contributed by atoms with Crippen LogP contribution in [0.5, 0.6) is 0 Å². The summed E-state index contributed by atoms with van der Waals surface area (Å²) >= 11 is 0. The Kier molecular flexibility index (Phi) is 3.92. The van der Waals surface area contributed by atoms with Gasteiger partial charge >= 0.3 is 0 Å². The third-order valence-electron chi connectivity index (χ3n) is 3.02. The fourth-order valence-corrected chi connectivity index (χ4v) is 2.67. The van der Waals surface area contributed by atoms with Crippen molar-refractivity contribution < 1.29 is 21.4 Å². The minimum absolute atomic E-state index is 0.0145. The summed E-state index contributed by atoms with van der Waals surface area (Å²) in [6.45, 7) is 0.723. The highest BCUT2D eigenvalue weighted by Gasteiger charge is 2.38. The van der Waals surface area contributed by atoms with Crippen LogP contribution in [0.1, 0.15) is 24.8 Å². The predicted octanol–water partition coefficient (Wildman–Crippen LogP) is 3.14. The van der Waals surface area contributed by atoms with Crippen LogP contribution in [-0.4, -0.2) is 20.9 Å². The quantitative estimate of drug-likeness (QED) is 0.756. The van der Waals surface area contributed by atoms with E-state index in [1.807, 2.05) is 0 Å². The van der Waals surface area contributed by atoms with Crippen molar-refractivity contribution in [1.29, 1.82) is 0 Å². The third kappa shape index (κ3) is 4.24. The van der Waals surface area contributed by atoms with Crippen LogP contribution < -0.4 is 0 Å². The molecule has 0 spiro atoms. The topological polar surface area (TPSA) is 43.4 Å². The van der Waals surface area contributed by atoms with Gasteiger partial charge in [-0.3, -0.25) is 4.18 Å². The van der Waals surface area contributed by atoms with Crippen molar-refractivity contribution in [2.24, 2.45) is 5.92 Å². The van der Waals surface area contributed by atoms with E-state index in [0.717, 1.165) is 18.4 Å².